The van der Waals surface area contributed by atoms with E-state index in [4.69, 9.17) is 16.9 Å². The molecule has 4 heteroatoms. The minimum atomic E-state index is 0.600. The number of rotatable bonds is 4. The average molecular weight is 278 g/mol. The zero-order chi connectivity index (χ0) is 13.7. The van der Waals surface area contributed by atoms with Crippen molar-refractivity contribution >= 4 is 17.3 Å². The van der Waals surface area contributed by atoms with Gasteiger partial charge in [-0.2, -0.15) is 5.26 Å². The molecule has 102 valence electrons. The molecule has 1 aliphatic heterocycles. The number of nitrogens with zero attached hydrogens (tertiary/aromatic N) is 2. The largest absolute Gasteiger partial charge is 0.384 e. The van der Waals surface area contributed by atoms with E-state index in [0.717, 1.165) is 18.7 Å². The quantitative estimate of drug-likeness (QED) is 0.916. The predicted molar refractivity (Wildman–Crippen MR) is 79.5 cm³/mol. The first-order valence-corrected chi connectivity index (χ1v) is 7.22. The van der Waals surface area contributed by atoms with Gasteiger partial charge in [-0.3, -0.25) is 0 Å². The standard InChI is InChI=1S/C15H20ClN3/c1-19-9-3-2-4-13(19)7-8-18-15-6-5-12(11-17)10-14(15)16/h5-6,10,13,18H,2-4,7-9H2,1H3. The SMILES string of the molecule is CN1CCCCC1CCNc1ccc(C#N)cc1Cl. The molecular weight excluding hydrogens is 258 g/mol. The molecule has 0 aliphatic carbocycles. The van der Waals surface area contributed by atoms with Gasteiger partial charge < -0.3 is 10.2 Å². The van der Waals surface area contributed by atoms with Gasteiger partial charge in [0, 0.05) is 12.6 Å². The summed E-state index contributed by atoms with van der Waals surface area (Å²) in [6.07, 6.45) is 5.08. The van der Waals surface area contributed by atoms with E-state index in [1.807, 2.05) is 6.07 Å². The smallest absolute Gasteiger partial charge is 0.0992 e. The van der Waals surface area contributed by atoms with Gasteiger partial charge in [-0.05, 0) is 51.1 Å². The number of piperidine rings is 1. The van der Waals surface area contributed by atoms with E-state index in [0.29, 0.717) is 16.6 Å². The average Bonchev–Trinajstić information content (AvgIpc) is 2.42. The van der Waals surface area contributed by atoms with Crippen LogP contribution in [0.2, 0.25) is 5.02 Å². The third kappa shape index (κ3) is 3.86. The number of hydrogen-bond acceptors (Lipinski definition) is 3. The molecule has 0 spiro atoms. The van der Waals surface area contributed by atoms with Crippen molar-refractivity contribution in [3.63, 3.8) is 0 Å². The Labute approximate surface area is 120 Å². The number of halogens is 1. The highest BCUT2D eigenvalue weighted by molar-refractivity contribution is 6.33. The fourth-order valence-electron chi connectivity index (χ4n) is 2.61. The number of nitriles is 1. The Kier molecular flexibility index (Phi) is 5.07. The van der Waals surface area contributed by atoms with Crippen LogP contribution in [0.15, 0.2) is 18.2 Å². The maximum absolute atomic E-state index is 8.79. The van der Waals surface area contributed by atoms with Crippen LogP contribution in [-0.2, 0) is 0 Å². The lowest BCUT2D eigenvalue weighted by Gasteiger charge is -2.32. The minimum Gasteiger partial charge on any atom is -0.384 e. The number of hydrogen-bond donors (Lipinski definition) is 1. The van der Waals surface area contributed by atoms with Crippen LogP contribution in [0.1, 0.15) is 31.2 Å². The normalized spacial score (nSPS) is 19.9. The third-order valence-electron chi connectivity index (χ3n) is 3.81. The highest BCUT2D eigenvalue weighted by Crippen LogP contribution is 2.23. The van der Waals surface area contributed by atoms with Crippen LogP contribution < -0.4 is 5.32 Å². The maximum Gasteiger partial charge on any atom is 0.0992 e. The maximum atomic E-state index is 8.79. The molecule has 1 fully saturated rings. The molecule has 1 atom stereocenters. The molecule has 0 aromatic heterocycles. The fraction of sp³-hybridized carbons (Fsp3) is 0.533. The van der Waals surface area contributed by atoms with Crippen LogP contribution >= 0.6 is 11.6 Å². The summed E-state index contributed by atoms with van der Waals surface area (Å²) in [5.74, 6) is 0. The Morgan fingerprint density at radius 2 is 2.32 bits per heavy atom. The van der Waals surface area contributed by atoms with Crippen LogP contribution in [-0.4, -0.2) is 31.1 Å². The van der Waals surface area contributed by atoms with Crippen molar-refractivity contribution in [1.29, 1.82) is 5.26 Å². The third-order valence-corrected chi connectivity index (χ3v) is 4.13. The molecule has 1 heterocycles. The van der Waals surface area contributed by atoms with Crippen LogP contribution in [0, 0.1) is 11.3 Å². The lowest BCUT2D eigenvalue weighted by molar-refractivity contribution is 0.179. The van der Waals surface area contributed by atoms with Crippen molar-refractivity contribution in [2.45, 2.75) is 31.7 Å². The van der Waals surface area contributed by atoms with E-state index >= 15 is 0 Å². The van der Waals surface area contributed by atoms with Crippen LogP contribution in [0.3, 0.4) is 0 Å². The molecule has 1 aliphatic rings. The van der Waals surface area contributed by atoms with E-state index < -0.39 is 0 Å². The van der Waals surface area contributed by atoms with Crippen LogP contribution in [0.4, 0.5) is 5.69 Å². The second kappa shape index (κ2) is 6.79. The van der Waals surface area contributed by atoms with Crippen molar-refractivity contribution in [2.24, 2.45) is 0 Å². The first kappa shape index (κ1) is 14.2. The number of likely N-dealkylation sites (tertiary alicyclic amines) is 1. The molecular formula is C15H20ClN3. The monoisotopic (exact) mass is 277 g/mol. The van der Waals surface area contributed by atoms with Gasteiger partial charge in [0.2, 0.25) is 0 Å². The molecule has 0 bridgehead atoms. The van der Waals surface area contributed by atoms with Gasteiger partial charge in [0.05, 0.1) is 22.3 Å². The Bertz CT molecular complexity index is 467. The first-order valence-electron chi connectivity index (χ1n) is 6.84. The van der Waals surface area contributed by atoms with Gasteiger partial charge in [-0.15, -0.1) is 0 Å². The fourth-order valence-corrected chi connectivity index (χ4v) is 2.86. The lowest BCUT2D eigenvalue weighted by Crippen LogP contribution is -2.37. The Hall–Kier alpha value is -1.24. The number of anilines is 1. The van der Waals surface area contributed by atoms with Crippen LogP contribution in [0.5, 0.6) is 0 Å². The van der Waals surface area contributed by atoms with Gasteiger partial charge in [0.25, 0.3) is 0 Å². The highest BCUT2D eigenvalue weighted by Gasteiger charge is 2.18. The highest BCUT2D eigenvalue weighted by atomic mass is 35.5. The predicted octanol–water partition coefficient (Wildman–Crippen LogP) is 3.50. The van der Waals surface area contributed by atoms with Crippen molar-refractivity contribution in [3.8, 4) is 6.07 Å². The van der Waals surface area contributed by atoms with Gasteiger partial charge >= 0.3 is 0 Å². The number of nitrogens with one attached hydrogen (secondary N) is 1. The van der Waals surface area contributed by atoms with Gasteiger partial charge in [-0.1, -0.05) is 18.0 Å². The molecule has 1 unspecified atom stereocenters. The second-order valence-corrected chi connectivity index (χ2v) is 5.56. The van der Waals surface area contributed by atoms with E-state index in [1.165, 1.54) is 25.8 Å². The second-order valence-electron chi connectivity index (χ2n) is 5.15. The van der Waals surface area contributed by atoms with E-state index in [1.54, 1.807) is 12.1 Å². The summed E-state index contributed by atoms with van der Waals surface area (Å²) in [5, 5.41) is 12.8. The number of benzene rings is 1. The zero-order valence-electron chi connectivity index (χ0n) is 11.3. The summed E-state index contributed by atoms with van der Waals surface area (Å²) < 4.78 is 0. The van der Waals surface area contributed by atoms with Crippen molar-refractivity contribution < 1.29 is 0 Å². The molecule has 0 saturated carbocycles. The molecule has 1 N–H and O–H groups in total. The van der Waals surface area contributed by atoms with Crippen molar-refractivity contribution in [1.82, 2.24) is 4.90 Å². The summed E-state index contributed by atoms with van der Waals surface area (Å²) in [6.45, 7) is 2.13. The molecule has 1 aromatic rings. The van der Waals surface area contributed by atoms with E-state index in [2.05, 4.69) is 23.3 Å². The molecule has 0 radical (unpaired) electrons. The zero-order valence-corrected chi connectivity index (χ0v) is 12.1. The first-order chi connectivity index (χ1) is 9.20. The Morgan fingerprint density at radius 1 is 1.47 bits per heavy atom. The van der Waals surface area contributed by atoms with Gasteiger partial charge in [0.15, 0.2) is 0 Å². The van der Waals surface area contributed by atoms with Gasteiger partial charge in [0.1, 0.15) is 0 Å². The van der Waals surface area contributed by atoms with Gasteiger partial charge in [-0.25, -0.2) is 0 Å². The Morgan fingerprint density at radius 3 is 3.00 bits per heavy atom. The summed E-state index contributed by atoms with van der Waals surface area (Å²) >= 11 is 6.13. The summed E-state index contributed by atoms with van der Waals surface area (Å²) in [5.41, 5.74) is 1.52. The van der Waals surface area contributed by atoms with E-state index in [9.17, 15) is 0 Å². The van der Waals surface area contributed by atoms with E-state index in [-0.39, 0.29) is 0 Å². The lowest BCUT2D eigenvalue weighted by atomic mass is 10.0. The van der Waals surface area contributed by atoms with Crippen LogP contribution in [0.25, 0.3) is 0 Å². The molecule has 19 heavy (non-hydrogen) atoms. The topological polar surface area (TPSA) is 39.1 Å². The molecule has 2 rings (SSSR count). The van der Waals surface area contributed by atoms with Crippen molar-refractivity contribution in [3.05, 3.63) is 28.8 Å². The summed E-state index contributed by atoms with van der Waals surface area (Å²) in [6, 6.07) is 8.15. The summed E-state index contributed by atoms with van der Waals surface area (Å²) in [4.78, 5) is 2.45. The molecule has 3 nitrogen and oxygen atoms in total. The molecule has 1 saturated heterocycles. The Balaban J connectivity index is 1.84. The molecule has 1 aromatic carbocycles. The van der Waals surface area contributed by atoms with Crippen molar-refractivity contribution in [2.75, 3.05) is 25.5 Å². The molecule has 0 amide bonds. The minimum absolute atomic E-state index is 0.600. The summed E-state index contributed by atoms with van der Waals surface area (Å²) in [7, 11) is 2.21.